The van der Waals surface area contributed by atoms with Crippen LogP contribution in [0.15, 0.2) is 0 Å². The highest BCUT2D eigenvalue weighted by Crippen LogP contribution is 2.18. The summed E-state index contributed by atoms with van der Waals surface area (Å²) in [6.45, 7) is 5.59. The van der Waals surface area contributed by atoms with Crippen molar-refractivity contribution in [3.05, 3.63) is 10.6 Å². The first kappa shape index (κ1) is 14.4. The van der Waals surface area contributed by atoms with E-state index in [4.69, 9.17) is 9.47 Å². The van der Waals surface area contributed by atoms with Gasteiger partial charge in [-0.2, -0.15) is 0 Å². The van der Waals surface area contributed by atoms with Crippen LogP contribution in [0, 0.1) is 0 Å². The summed E-state index contributed by atoms with van der Waals surface area (Å²) in [4.78, 5) is 15.0. The third-order valence-corrected chi connectivity index (χ3v) is 3.81. The molecular weight excluding hydrogens is 266 g/mol. The lowest BCUT2D eigenvalue weighted by atomic mass is 10.2. The second kappa shape index (κ2) is 6.40. The normalized spacial score (nSPS) is 23.6. The van der Waals surface area contributed by atoms with E-state index in [1.807, 2.05) is 18.7 Å². The molecule has 0 spiro atoms. The molecule has 0 N–H and O–H groups in total. The van der Waals surface area contributed by atoms with Crippen molar-refractivity contribution in [3.8, 4) is 0 Å². The second-order valence-corrected chi connectivity index (χ2v) is 5.39. The third kappa shape index (κ3) is 3.29. The second-order valence-electron chi connectivity index (χ2n) is 4.64. The summed E-state index contributed by atoms with van der Waals surface area (Å²) in [7, 11) is 1.64. The maximum atomic E-state index is 12.5. The van der Waals surface area contributed by atoms with E-state index in [9.17, 15) is 4.79 Å². The van der Waals surface area contributed by atoms with Crippen molar-refractivity contribution in [3.63, 3.8) is 0 Å². The maximum Gasteiger partial charge on any atom is 0.267 e. The Morgan fingerprint density at radius 1 is 1.58 bits per heavy atom. The Labute approximate surface area is 116 Å². The Hall–Kier alpha value is -1.05. The van der Waals surface area contributed by atoms with E-state index in [0.717, 1.165) is 12.1 Å². The molecule has 7 heteroatoms. The number of nitrogens with zero attached hydrogens (tertiary/aromatic N) is 3. The molecule has 1 amide bonds. The Morgan fingerprint density at radius 3 is 3.05 bits per heavy atom. The van der Waals surface area contributed by atoms with Crippen LogP contribution in [-0.2, 0) is 15.9 Å². The molecule has 0 aromatic carbocycles. The standard InChI is InChI=1S/C12H19N3O3S/c1-4-10-11(19-14-13-10)12(16)15-5-8(2)18-9(6-15)7-17-3/h8-9H,4-7H2,1-3H3/t8-,9-/m1/s1. The van der Waals surface area contributed by atoms with Crippen molar-refractivity contribution in [2.45, 2.75) is 32.5 Å². The van der Waals surface area contributed by atoms with Gasteiger partial charge in [0.05, 0.1) is 24.5 Å². The van der Waals surface area contributed by atoms with Crippen LogP contribution in [0.5, 0.6) is 0 Å². The molecule has 106 valence electrons. The Bertz CT molecular complexity index is 438. The number of morpholine rings is 1. The van der Waals surface area contributed by atoms with Gasteiger partial charge in [0.25, 0.3) is 5.91 Å². The number of aryl methyl sites for hydroxylation is 1. The van der Waals surface area contributed by atoms with Crippen molar-refractivity contribution < 1.29 is 14.3 Å². The molecule has 2 heterocycles. The van der Waals surface area contributed by atoms with Gasteiger partial charge in [0.15, 0.2) is 0 Å². The van der Waals surface area contributed by atoms with Gasteiger partial charge >= 0.3 is 0 Å². The number of carbonyl (C=O) groups excluding carboxylic acids is 1. The Morgan fingerprint density at radius 2 is 2.37 bits per heavy atom. The zero-order valence-electron chi connectivity index (χ0n) is 11.5. The maximum absolute atomic E-state index is 12.5. The number of carbonyl (C=O) groups is 1. The quantitative estimate of drug-likeness (QED) is 0.825. The van der Waals surface area contributed by atoms with Crippen LogP contribution in [0.2, 0.25) is 0 Å². The van der Waals surface area contributed by atoms with Crippen LogP contribution >= 0.6 is 11.5 Å². The first-order valence-electron chi connectivity index (χ1n) is 6.40. The summed E-state index contributed by atoms with van der Waals surface area (Å²) >= 11 is 1.17. The van der Waals surface area contributed by atoms with Crippen LogP contribution in [-0.4, -0.2) is 59.4 Å². The van der Waals surface area contributed by atoms with Gasteiger partial charge in [-0.1, -0.05) is 11.4 Å². The highest BCUT2D eigenvalue weighted by molar-refractivity contribution is 7.08. The van der Waals surface area contributed by atoms with Crippen molar-refractivity contribution in [2.75, 3.05) is 26.8 Å². The molecule has 1 aliphatic heterocycles. The van der Waals surface area contributed by atoms with Crippen molar-refractivity contribution in [1.29, 1.82) is 0 Å². The first-order valence-corrected chi connectivity index (χ1v) is 7.17. The van der Waals surface area contributed by atoms with Crippen LogP contribution in [0.1, 0.15) is 29.2 Å². The fourth-order valence-electron chi connectivity index (χ4n) is 2.23. The molecular formula is C12H19N3O3S. The molecule has 0 bridgehead atoms. The lowest BCUT2D eigenvalue weighted by molar-refractivity contribution is -0.0918. The van der Waals surface area contributed by atoms with Gasteiger partial charge in [0.2, 0.25) is 0 Å². The smallest absolute Gasteiger partial charge is 0.267 e. The number of rotatable bonds is 4. The summed E-state index contributed by atoms with van der Waals surface area (Å²) in [5, 5.41) is 3.99. The molecule has 0 saturated carbocycles. The van der Waals surface area contributed by atoms with Crippen LogP contribution < -0.4 is 0 Å². The minimum Gasteiger partial charge on any atom is -0.382 e. The largest absolute Gasteiger partial charge is 0.382 e. The average molecular weight is 285 g/mol. The van der Waals surface area contributed by atoms with Gasteiger partial charge in [0.1, 0.15) is 4.88 Å². The van der Waals surface area contributed by atoms with E-state index < -0.39 is 0 Å². The van der Waals surface area contributed by atoms with E-state index in [1.165, 1.54) is 11.5 Å². The number of hydrogen-bond acceptors (Lipinski definition) is 6. The summed E-state index contributed by atoms with van der Waals surface area (Å²) in [5.41, 5.74) is 0.775. The monoisotopic (exact) mass is 285 g/mol. The predicted octanol–water partition coefficient (Wildman–Crippen LogP) is 0.976. The van der Waals surface area contributed by atoms with Gasteiger partial charge in [-0.25, -0.2) is 0 Å². The fourth-order valence-corrected chi connectivity index (χ4v) is 2.95. The van der Waals surface area contributed by atoms with Crippen molar-refractivity contribution in [1.82, 2.24) is 14.5 Å². The van der Waals surface area contributed by atoms with E-state index in [2.05, 4.69) is 9.59 Å². The van der Waals surface area contributed by atoms with Gasteiger partial charge in [-0.05, 0) is 24.9 Å². The molecule has 1 saturated heterocycles. The number of aromatic nitrogens is 2. The summed E-state index contributed by atoms with van der Waals surface area (Å²) in [5.74, 6) is 0.00287. The molecule has 6 nitrogen and oxygen atoms in total. The summed E-state index contributed by atoms with van der Waals surface area (Å²) in [6, 6.07) is 0. The highest BCUT2D eigenvalue weighted by atomic mass is 32.1. The lowest BCUT2D eigenvalue weighted by Crippen LogP contribution is -2.50. The molecule has 1 aliphatic rings. The molecule has 19 heavy (non-hydrogen) atoms. The highest BCUT2D eigenvalue weighted by Gasteiger charge is 2.30. The number of methoxy groups -OCH3 is 1. The van der Waals surface area contributed by atoms with Crippen LogP contribution in [0.25, 0.3) is 0 Å². The van der Waals surface area contributed by atoms with E-state index in [-0.39, 0.29) is 18.1 Å². The fraction of sp³-hybridized carbons (Fsp3) is 0.750. The minimum atomic E-state index is -0.0661. The molecule has 0 unspecified atom stereocenters. The van der Waals surface area contributed by atoms with Gasteiger partial charge in [-0.3, -0.25) is 4.79 Å². The average Bonchev–Trinajstić information content (AvgIpc) is 2.85. The van der Waals surface area contributed by atoms with Crippen molar-refractivity contribution in [2.24, 2.45) is 0 Å². The minimum absolute atomic E-state index is 0.00287. The molecule has 1 aromatic heterocycles. The zero-order chi connectivity index (χ0) is 13.8. The van der Waals surface area contributed by atoms with Crippen molar-refractivity contribution >= 4 is 17.4 Å². The lowest BCUT2D eigenvalue weighted by Gasteiger charge is -2.36. The molecule has 0 radical (unpaired) electrons. The van der Waals surface area contributed by atoms with E-state index in [0.29, 0.717) is 24.6 Å². The van der Waals surface area contributed by atoms with Crippen LogP contribution in [0.3, 0.4) is 0 Å². The van der Waals surface area contributed by atoms with E-state index in [1.54, 1.807) is 7.11 Å². The topological polar surface area (TPSA) is 64.6 Å². The number of amides is 1. The Balaban J connectivity index is 2.09. The summed E-state index contributed by atoms with van der Waals surface area (Å²) in [6.07, 6.45) is 0.673. The van der Waals surface area contributed by atoms with Gasteiger partial charge in [0, 0.05) is 20.2 Å². The zero-order valence-corrected chi connectivity index (χ0v) is 12.3. The van der Waals surface area contributed by atoms with Crippen LogP contribution in [0.4, 0.5) is 0 Å². The third-order valence-electron chi connectivity index (χ3n) is 3.05. The SMILES string of the molecule is CCc1nnsc1C(=O)N1C[C@H](COC)O[C@H](C)C1. The Kier molecular flexibility index (Phi) is 4.84. The molecule has 1 fully saturated rings. The first-order chi connectivity index (χ1) is 9.15. The molecule has 2 rings (SSSR count). The summed E-state index contributed by atoms with van der Waals surface area (Å²) < 4.78 is 14.7. The van der Waals surface area contributed by atoms with Gasteiger partial charge in [-0.15, -0.1) is 5.10 Å². The molecule has 1 aromatic rings. The number of hydrogen-bond donors (Lipinski definition) is 0. The van der Waals surface area contributed by atoms with Gasteiger partial charge < -0.3 is 14.4 Å². The van der Waals surface area contributed by atoms with E-state index >= 15 is 0 Å². The predicted molar refractivity (Wildman–Crippen MR) is 71.4 cm³/mol. The molecule has 2 atom stereocenters. The number of ether oxygens (including phenoxy) is 2. The molecule has 0 aliphatic carbocycles.